The monoisotopic (exact) mass is 294 g/mol. The van der Waals surface area contributed by atoms with E-state index >= 15 is 0 Å². The topological polar surface area (TPSA) is 42.7 Å². The van der Waals surface area contributed by atoms with Gasteiger partial charge in [0.25, 0.3) is 0 Å². The summed E-state index contributed by atoms with van der Waals surface area (Å²) in [7, 11) is 0. The number of nitrogens with zero attached hydrogens (tertiary/aromatic N) is 3. The summed E-state index contributed by atoms with van der Waals surface area (Å²) in [4.78, 5) is 4.21. The largest absolute Gasteiger partial charge is 0.310 e. The number of likely N-dealkylation sites (N-methyl/N-ethyl adjacent to an activating group) is 1. The Kier molecular flexibility index (Phi) is 5.38. The summed E-state index contributed by atoms with van der Waals surface area (Å²) in [6.45, 7) is 5.31. The highest BCUT2D eigenvalue weighted by Gasteiger charge is 2.21. The van der Waals surface area contributed by atoms with Crippen molar-refractivity contribution in [3.63, 3.8) is 0 Å². The van der Waals surface area contributed by atoms with Crippen LogP contribution in [-0.4, -0.2) is 21.3 Å². The first-order chi connectivity index (χ1) is 10.2. The minimum Gasteiger partial charge on any atom is -0.310 e. The van der Waals surface area contributed by atoms with Gasteiger partial charge >= 0.3 is 0 Å². The van der Waals surface area contributed by atoms with Crippen LogP contribution in [0.1, 0.15) is 37.7 Å². The van der Waals surface area contributed by atoms with Crippen LogP contribution in [0.2, 0.25) is 0 Å². The molecule has 2 rings (SSSR count). The fourth-order valence-electron chi connectivity index (χ4n) is 2.39. The maximum atomic E-state index is 14.0. The van der Waals surface area contributed by atoms with Crippen LogP contribution in [0.5, 0.6) is 0 Å². The van der Waals surface area contributed by atoms with Gasteiger partial charge < -0.3 is 5.32 Å². The van der Waals surface area contributed by atoms with Crippen molar-refractivity contribution in [2.75, 3.05) is 6.54 Å². The summed E-state index contributed by atoms with van der Waals surface area (Å²) in [6, 6.07) is 3.46. The quantitative estimate of drug-likeness (QED) is 0.854. The van der Waals surface area contributed by atoms with E-state index in [1.807, 2.05) is 13.8 Å². The lowest BCUT2D eigenvalue weighted by molar-refractivity contribution is 0.453. The van der Waals surface area contributed by atoms with E-state index in [1.165, 1.54) is 24.5 Å². The van der Waals surface area contributed by atoms with Crippen LogP contribution < -0.4 is 5.32 Å². The summed E-state index contributed by atoms with van der Waals surface area (Å²) >= 11 is 0. The van der Waals surface area contributed by atoms with Crippen LogP contribution in [0.3, 0.4) is 0 Å². The van der Waals surface area contributed by atoms with E-state index in [0.717, 1.165) is 18.8 Å². The van der Waals surface area contributed by atoms with Gasteiger partial charge in [-0.25, -0.2) is 13.8 Å². The molecule has 0 spiro atoms. The van der Waals surface area contributed by atoms with Gasteiger partial charge in [-0.2, -0.15) is 5.10 Å². The van der Waals surface area contributed by atoms with Crippen molar-refractivity contribution in [1.82, 2.24) is 20.1 Å². The van der Waals surface area contributed by atoms with Gasteiger partial charge in [-0.1, -0.05) is 19.9 Å². The van der Waals surface area contributed by atoms with E-state index in [2.05, 4.69) is 15.4 Å². The van der Waals surface area contributed by atoms with Gasteiger partial charge in [0.05, 0.1) is 0 Å². The number of hydrogen-bond donors (Lipinski definition) is 1. The summed E-state index contributed by atoms with van der Waals surface area (Å²) in [6.07, 6.45) is 2.80. The third-order valence-corrected chi connectivity index (χ3v) is 3.32. The zero-order valence-corrected chi connectivity index (χ0v) is 12.3. The van der Waals surface area contributed by atoms with Crippen LogP contribution in [0.15, 0.2) is 24.5 Å². The van der Waals surface area contributed by atoms with Crippen molar-refractivity contribution in [3.05, 3.63) is 47.5 Å². The molecule has 0 bridgehead atoms. The molecule has 1 unspecified atom stereocenters. The normalized spacial score (nSPS) is 12.6. The molecule has 114 valence electrons. The predicted molar refractivity (Wildman–Crippen MR) is 76.8 cm³/mol. The molecule has 0 radical (unpaired) electrons. The van der Waals surface area contributed by atoms with Crippen molar-refractivity contribution in [1.29, 1.82) is 0 Å². The molecule has 0 aliphatic rings. The van der Waals surface area contributed by atoms with Crippen molar-refractivity contribution < 1.29 is 8.78 Å². The first kappa shape index (κ1) is 15.6. The molecule has 4 nitrogen and oxygen atoms in total. The molecule has 1 aromatic heterocycles. The molecule has 1 heterocycles. The second kappa shape index (κ2) is 7.26. The number of aryl methyl sites for hydroxylation is 1. The number of nitrogens with one attached hydrogen (secondary N) is 1. The molecule has 0 amide bonds. The molecule has 1 aromatic carbocycles. The maximum Gasteiger partial charge on any atom is 0.138 e. The highest BCUT2D eigenvalue weighted by Crippen LogP contribution is 2.23. The van der Waals surface area contributed by atoms with Crippen LogP contribution >= 0.6 is 0 Å². The average molecular weight is 294 g/mol. The Balaban J connectivity index is 2.29. The average Bonchev–Trinajstić information content (AvgIpc) is 2.86. The Hall–Kier alpha value is -1.82. The second-order valence-corrected chi connectivity index (χ2v) is 4.85. The van der Waals surface area contributed by atoms with Crippen LogP contribution in [0.25, 0.3) is 0 Å². The summed E-state index contributed by atoms with van der Waals surface area (Å²) in [5.74, 6) is -0.351. The van der Waals surface area contributed by atoms with Crippen LogP contribution in [-0.2, 0) is 13.0 Å². The summed E-state index contributed by atoms with van der Waals surface area (Å²) in [5.41, 5.74) is 0.0606. The van der Waals surface area contributed by atoms with Crippen LogP contribution in [0, 0.1) is 11.6 Å². The van der Waals surface area contributed by atoms with E-state index in [4.69, 9.17) is 0 Å². The first-order valence-corrected chi connectivity index (χ1v) is 7.21. The van der Waals surface area contributed by atoms with Gasteiger partial charge in [0, 0.05) is 24.6 Å². The standard InChI is InChI=1S/C15H20F2N4/c1-3-8-21-14(19-10-20-21)9-13(18-4-2)15-11(16)6-5-7-12(15)17/h5-7,10,13,18H,3-4,8-9H2,1-2H3. The highest BCUT2D eigenvalue weighted by atomic mass is 19.1. The highest BCUT2D eigenvalue weighted by molar-refractivity contribution is 5.24. The van der Waals surface area contributed by atoms with Gasteiger partial charge in [0.2, 0.25) is 0 Å². The minimum atomic E-state index is -0.539. The third-order valence-electron chi connectivity index (χ3n) is 3.32. The number of rotatable bonds is 7. The van der Waals surface area contributed by atoms with Gasteiger partial charge in [0.1, 0.15) is 23.8 Å². The molecule has 0 aliphatic heterocycles. The molecule has 1 atom stereocenters. The zero-order chi connectivity index (χ0) is 15.2. The van der Waals surface area contributed by atoms with Gasteiger partial charge in [-0.05, 0) is 25.1 Å². The van der Waals surface area contributed by atoms with Gasteiger partial charge in [-0.3, -0.25) is 4.68 Å². The van der Waals surface area contributed by atoms with Gasteiger partial charge in [0.15, 0.2) is 0 Å². The smallest absolute Gasteiger partial charge is 0.138 e. The first-order valence-electron chi connectivity index (χ1n) is 7.21. The van der Waals surface area contributed by atoms with E-state index in [0.29, 0.717) is 13.0 Å². The lowest BCUT2D eigenvalue weighted by Crippen LogP contribution is -2.26. The molecule has 0 saturated heterocycles. The lowest BCUT2D eigenvalue weighted by Gasteiger charge is -2.19. The molecular formula is C15H20F2N4. The van der Waals surface area contributed by atoms with Crippen molar-refractivity contribution >= 4 is 0 Å². The van der Waals surface area contributed by atoms with Gasteiger partial charge in [-0.15, -0.1) is 0 Å². The fourth-order valence-corrected chi connectivity index (χ4v) is 2.39. The lowest BCUT2D eigenvalue weighted by atomic mass is 10.0. The molecule has 6 heteroatoms. The minimum absolute atomic E-state index is 0.0606. The van der Waals surface area contributed by atoms with Crippen molar-refractivity contribution in [3.8, 4) is 0 Å². The van der Waals surface area contributed by atoms with Crippen molar-refractivity contribution in [2.24, 2.45) is 0 Å². The Bertz CT molecular complexity index is 563. The predicted octanol–water partition coefficient (Wildman–Crippen LogP) is 2.86. The Labute approximate surface area is 123 Å². The Morgan fingerprint density at radius 1 is 1.24 bits per heavy atom. The van der Waals surface area contributed by atoms with E-state index < -0.39 is 17.7 Å². The fraction of sp³-hybridized carbons (Fsp3) is 0.467. The second-order valence-electron chi connectivity index (χ2n) is 4.85. The maximum absolute atomic E-state index is 14.0. The molecule has 0 aliphatic carbocycles. The molecule has 2 aromatic rings. The number of hydrogen-bond acceptors (Lipinski definition) is 3. The molecule has 1 N–H and O–H groups in total. The molecular weight excluding hydrogens is 274 g/mol. The Morgan fingerprint density at radius 2 is 1.95 bits per heavy atom. The van der Waals surface area contributed by atoms with E-state index in [1.54, 1.807) is 4.68 Å². The van der Waals surface area contributed by atoms with Crippen LogP contribution in [0.4, 0.5) is 8.78 Å². The van der Waals surface area contributed by atoms with E-state index in [9.17, 15) is 8.78 Å². The van der Waals surface area contributed by atoms with E-state index in [-0.39, 0.29) is 5.56 Å². The summed E-state index contributed by atoms with van der Waals surface area (Å²) < 4.78 is 29.7. The number of benzene rings is 1. The number of aromatic nitrogens is 3. The third kappa shape index (κ3) is 3.64. The summed E-state index contributed by atoms with van der Waals surface area (Å²) in [5, 5.41) is 7.27. The SMILES string of the molecule is CCCn1ncnc1CC(NCC)c1c(F)cccc1F. The zero-order valence-electron chi connectivity index (χ0n) is 12.3. The number of halogens is 2. The van der Waals surface area contributed by atoms with Crippen molar-refractivity contribution in [2.45, 2.75) is 39.3 Å². The molecule has 21 heavy (non-hydrogen) atoms. The Morgan fingerprint density at radius 3 is 2.57 bits per heavy atom. The molecule has 0 fully saturated rings. The molecule has 0 saturated carbocycles.